The number of carbonyl (C=O) groups is 1. The maximum Gasteiger partial charge on any atom is 0.287 e. The Bertz CT molecular complexity index is 1230. The molecule has 1 amide bonds. The molecule has 1 aromatic heterocycles. The fourth-order valence-corrected chi connectivity index (χ4v) is 5.39. The Morgan fingerprint density at radius 3 is 2.37 bits per heavy atom. The van der Waals surface area contributed by atoms with Crippen LogP contribution in [0.3, 0.4) is 0 Å². The van der Waals surface area contributed by atoms with Gasteiger partial charge in [-0.2, -0.15) is 0 Å². The number of carbonyl (C=O) groups excluding carboxylic acids is 1. The number of aryl methyl sites for hydroxylation is 1. The average molecular weight is 497 g/mol. The Morgan fingerprint density at radius 2 is 1.71 bits per heavy atom. The van der Waals surface area contributed by atoms with Gasteiger partial charge in [0.25, 0.3) is 5.91 Å². The Hall–Kier alpha value is -3.10. The molecule has 186 valence electrons. The second-order valence-corrected chi connectivity index (χ2v) is 10.7. The molecule has 1 fully saturated rings. The molecular formula is C27H32N2O5S. The van der Waals surface area contributed by atoms with E-state index in [1.54, 1.807) is 12.1 Å². The van der Waals surface area contributed by atoms with Crippen LogP contribution in [0.5, 0.6) is 5.75 Å². The van der Waals surface area contributed by atoms with Crippen LogP contribution in [0.2, 0.25) is 0 Å². The van der Waals surface area contributed by atoms with E-state index in [0.717, 1.165) is 49.2 Å². The maximum atomic E-state index is 12.9. The molecule has 2 aromatic carbocycles. The highest BCUT2D eigenvalue weighted by atomic mass is 32.2. The molecule has 0 aliphatic carbocycles. The van der Waals surface area contributed by atoms with Crippen molar-refractivity contribution in [3.8, 4) is 5.75 Å². The van der Waals surface area contributed by atoms with Crippen molar-refractivity contribution in [1.82, 2.24) is 10.2 Å². The summed E-state index contributed by atoms with van der Waals surface area (Å²) in [5.41, 5.74) is 2.05. The van der Waals surface area contributed by atoms with Crippen molar-refractivity contribution >= 4 is 15.7 Å². The van der Waals surface area contributed by atoms with Gasteiger partial charge in [-0.25, -0.2) is 8.42 Å². The van der Waals surface area contributed by atoms with Gasteiger partial charge in [-0.1, -0.05) is 36.8 Å². The summed E-state index contributed by atoms with van der Waals surface area (Å²) in [7, 11) is -3.83. The van der Waals surface area contributed by atoms with Crippen LogP contribution in [-0.4, -0.2) is 45.5 Å². The van der Waals surface area contributed by atoms with Crippen molar-refractivity contribution in [2.24, 2.45) is 0 Å². The van der Waals surface area contributed by atoms with Crippen LogP contribution in [0.25, 0.3) is 0 Å². The molecule has 3 aromatic rings. The van der Waals surface area contributed by atoms with E-state index in [1.807, 2.05) is 31.2 Å². The third kappa shape index (κ3) is 5.94. The van der Waals surface area contributed by atoms with Crippen molar-refractivity contribution in [1.29, 1.82) is 0 Å². The zero-order chi connectivity index (χ0) is 24.8. The Balaban J connectivity index is 1.45. The molecule has 8 heteroatoms. The summed E-state index contributed by atoms with van der Waals surface area (Å²) in [6.45, 7) is 6.95. The van der Waals surface area contributed by atoms with Gasteiger partial charge in [0.1, 0.15) is 5.75 Å². The lowest BCUT2D eigenvalue weighted by Crippen LogP contribution is -2.36. The molecule has 1 unspecified atom stereocenters. The van der Waals surface area contributed by atoms with E-state index in [1.165, 1.54) is 24.3 Å². The number of furan rings is 1. The van der Waals surface area contributed by atoms with E-state index in [4.69, 9.17) is 9.15 Å². The van der Waals surface area contributed by atoms with Gasteiger partial charge < -0.3 is 14.5 Å². The largest absolute Gasteiger partial charge is 0.494 e. The van der Waals surface area contributed by atoms with E-state index >= 15 is 0 Å². The molecule has 1 atom stereocenters. The number of sulfone groups is 1. The van der Waals surface area contributed by atoms with Crippen LogP contribution in [-0.2, 0) is 9.84 Å². The summed E-state index contributed by atoms with van der Waals surface area (Å²) in [6, 6.07) is 17.3. The minimum absolute atomic E-state index is 0.00685. The second kappa shape index (κ2) is 11.1. The van der Waals surface area contributed by atoms with E-state index in [-0.39, 0.29) is 21.8 Å². The summed E-state index contributed by atoms with van der Waals surface area (Å²) < 4.78 is 36.9. The van der Waals surface area contributed by atoms with Gasteiger partial charge in [0.2, 0.25) is 14.9 Å². The Kier molecular flexibility index (Phi) is 7.93. The molecule has 7 nitrogen and oxygen atoms in total. The number of hydrogen-bond donors (Lipinski definition) is 1. The molecule has 0 radical (unpaired) electrons. The molecular weight excluding hydrogens is 464 g/mol. The first kappa shape index (κ1) is 25.0. The van der Waals surface area contributed by atoms with E-state index in [2.05, 4.69) is 17.1 Å². The van der Waals surface area contributed by atoms with Gasteiger partial charge in [-0.3, -0.25) is 9.69 Å². The highest BCUT2D eigenvalue weighted by Gasteiger charge is 2.26. The van der Waals surface area contributed by atoms with Crippen LogP contribution in [0.15, 0.2) is 75.1 Å². The first-order valence-electron chi connectivity index (χ1n) is 12.0. The number of nitrogens with zero attached hydrogens (tertiary/aromatic N) is 1. The van der Waals surface area contributed by atoms with Gasteiger partial charge >= 0.3 is 0 Å². The molecule has 1 aliphatic heterocycles. The topological polar surface area (TPSA) is 88.8 Å². The lowest BCUT2D eigenvalue weighted by atomic mass is 10.1. The minimum atomic E-state index is -3.83. The van der Waals surface area contributed by atoms with Crippen LogP contribution in [0, 0.1) is 6.92 Å². The van der Waals surface area contributed by atoms with Crippen molar-refractivity contribution < 1.29 is 22.4 Å². The Labute approximate surface area is 207 Å². The van der Waals surface area contributed by atoms with Crippen molar-refractivity contribution in [2.75, 3.05) is 26.2 Å². The number of hydrogen-bond acceptors (Lipinski definition) is 6. The first-order valence-corrected chi connectivity index (χ1v) is 13.5. The van der Waals surface area contributed by atoms with Crippen molar-refractivity contribution in [3.05, 3.63) is 77.6 Å². The number of nitrogens with one attached hydrogen (secondary N) is 1. The molecule has 4 rings (SSSR count). The van der Waals surface area contributed by atoms with Gasteiger partial charge in [0.15, 0.2) is 5.76 Å². The second-order valence-electron chi connectivity index (χ2n) is 8.82. The summed E-state index contributed by atoms with van der Waals surface area (Å²) >= 11 is 0. The predicted molar refractivity (Wildman–Crippen MR) is 133 cm³/mol. The normalized spacial score (nSPS) is 15.1. The number of amides is 1. The number of ether oxygens (including phenoxy) is 1. The first-order chi connectivity index (χ1) is 16.9. The molecule has 1 aliphatic rings. The van der Waals surface area contributed by atoms with E-state index in [0.29, 0.717) is 13.2 Å². The standard InChI is InChI=1S/C27H32N2O5S/c1-3-18-33-22-10-8-21(9-11-22)24(29-16-4-5-17-29)19-28-27(30)25-14-15-26(34-25)35(31,32)23-12-6-20(2)7-13-23/h6-15,24H,3-5,16-19H2,1-2H3,(H,28,30). The van der Waals surface area contributed by atoms with Crippen LogP contribution in [0.1, 0.15) is 53.9 Å². The van der Waals surface area contributed by atoms with E-state index in [9.17, 15) is 13.2 Å². The lowest BCUT2D eigenvalue weighted by molar-refractivity contribution is 0.0905. The summed E-state index contributed by atoms with van der Waals surface area (Å²) in [5.74, 6) is 0.360. The predicted octanol–water partition coefficient (Wildman–Crippen LogP) is 4.78. The molecule has 0 spiro atoms. The van der Waals surface area contributed by atoms with Gasteiger partial charge in [0, 0.05) is 6.54 Å². The zero-order valence-corrected chi connectivity index (χ0v) is 21.0. The SMILES string of the molecule is CCCOc1ccc(C(CNC(=O)c2ccc(S(=O)(=O)c3ccc(C)cc3)o2)N2CCCC2)cc1. The smallest absolute Gasteiger partial charge is 0.287 e. The summed E-state index contributed by atoms with van der Waals surface area (Å²) in [6.07, 6.45) is 3.20. The van der Waals surface area contributed by atoms with Gasteiger partial charge in [-0.15, -0.1) is 0 Å². The minimum Gasteiger partial charge on any atom is -0.494 e. The monoisotopic (exact) mass is 496 g/mol. The Morgan fingerprint density at radius 1 is 1.03 bits per heavy atom. The highest BCUT2D eigenvalue weighted by molar-refractivity contribution is 7.91. The van der Waals surface area contributed by atoms with Gasteiger partial charge in [-0.05, 0) is 81.2 Å². The lowest BCUT2D eigenvalue weighted by Gasteiger charge is -2.28. The fraction of sp³-hybridized carbons (Fsp3) is 0.370. The highest BCUT2D eigenvalue weighted by Crippen LogP contribution is 2.27. The third-order valence-electron chi connectivity index (χ3n) is 6.18. The van der Waals surface area contributed by atoms with Gasteiger partial charge in [0.05, 0.1) is 17.5 Å². The average Bonchev–Trinajstić information content (AvgIpc) is 3.57. The zero-order valence-electron chi connectivity index (χ0n) is 20.2. The van der Waals surface area contributed by atoms with E-state index < -0.39 is 15.7 Å². The molecule has 0 bridgehead atoms. The quantitative estimate of drug-likeness (QED) is 0.435. The number of likely N-dealkylation sites (tertiary alicyclic amines) is 1. The molecule has 2 heterocycles. The molecule has 1 N–H and O–H groups in total. The molecule has 0 saturated carbocycles. The number of rotatable bonds is 10. The third-order valence-corrected chi connectivity index (χ3v) is 7.82. The van der Waals surface area contributed by atoms with Crippen molar-refractivity contribution in [3.63, 3.8) is 0 Å². The summed E-state index contributed by atoms with van der Waals surface area (Å²) in [5, 5.41) is 2.69. The van der Waals surface area contributed by atoms with Crippen LogP contribution >= 0.6 is 0 Å². The van der Waals surface area contributed by atoms with Crippen LogP contribution < -0.4 is 10.1 Å². The summed E-state index contributed by atoms with van der Waals surface area (Å²) in [4.78, 5) is 15.3. The molecule has 35 heavy (non-hydrogen) atoms. The maximum absolute atomic E-state index is 12.9. The number of benzene rings is 2. The fourth-order valence-electron chi connectivity index (χ4n) is 4.21. The van der Waals surface area contributed by atoms with Crippen LogP contribution in [0.4, 0.5) is 0 Å². The molecule has 1 saturated heterocycles. The van der Waals surface area contributed by atoms with Crippen molar-refractivity contribution in [2.45, 2.75) is 49.1 Å².